The lowest BCUT2D eigenvalue weighted by atomic mass is 9.91. The van der Waals surface area contributed by atoms with Crippen molar-refractivity contribution in [2.75, 3.05) is 18.0 Å². The zero-order valence-corrected chi connectivity index (χ0v) is 14.0. The molecule has 2 unspecified atom stereocenters. The number of nitrogens with zero attached hydrogens (tertiary/aromatic N) is 6. The van der Waals surface area contributed by atoms with Crippen LogP contribution in [0.4, 0.5) is 5.82 Å². The molecule has 3 saturated heterocycles. The SMILES string of the molecule is N#Cc1cnn2cc(Cl)nc(-c3ccc(N4CC5CC(C4)N5)nc3)c12. The number of anilines is 1. The number of rotatable bonds is 2. The zero-order valence-electron chi connectivity index (χ0n) is 13.2. The maximum atomic E-state index is 9.32. The molecule has 3 aliphatic heterocycles. The number of nitriles is 1. The van der Waals surface area contributed by atoms with Gasteiger partial charge in [-0.1, -0.05) is 11.6 Å². The van der Waals surface area contributed by atoms with Gasteiger partial charge in [0.05, 0.1) is 12.4 Å². The molecule has 0 aliphatic carbocycles. The summed E-state index contributed by atoms with van der Waals surface area (Å²) in [5.41, 5.74) is 2.53. The van der Waals surface area contributed by atoms with Gasteiger partial charge in [-0.05, 0) is 18.6 Å². The van der Waals surface area contributed by atoms with E-state index in [9.17, 15) is 5.26 Å². The molecule has 3 aromatic heterocycles. The number of pyridine rings is 1. The third-order valence-corrected chi connectivity index (χ3v) is 5.04. The standard InChI is InChI=1S/C17H14ClN7/c18-14-9-25-17(11(4-19)6-21-25)16(23-14)10-1-2-15(20-5-10)24-7-12-3-13(8-24)22-12/h1-2,5-6,9,12-13,22H,3,7-8H2. The lowest BCUT2D eigenvalue weighted by Crippen LogP contribution is -2.67. The smallest absolute Gasteiger partial charge is 0.148 e. The minimum absolute atomic E-state index is 0.321. The van der Waals surface area contributed by atoms with Crippen LogP contribution >= 0.6 is 11.6 Å². The number of nitrogens with one attached hydrogen (secondary N) is 1. The van der Waals surface area contributed by atoms with Crippen LogP contribution < -0.4 is 10.2 Å². The zero-order chi connectivity index (χ0) is 17.0. The third kappa shape index (κ3) is 2.34. The summed E-state index contributed by atoms with van der Waals surface area (Å²) in [7, 11) is 0. The first kappa shape index (κ1) is 14.6. The molecular weight excluding hydrogens is 338 g/mol. The van der Waals surface area contributed by atoms with Crippen LogP contribution in [0.25, 0.3) is 16.8 Å². The van der Waals surface area contributed by atoms with Crippen LogP contribution in [0.1, 0.15) is 12.0 Å². The number of hydrogen-bond donors (Lipinski definition) is 1. The molecule has 0 amide bonds. The molecule has 3 fully saturated rings. The van der Waals surface area contributed by atoms with Crippen molar-refractivity contribution < 1.29 is 0 Å². The fourth-order valence-electron chi connectivity index (χ4n) is 3.68. The molecule has 3 aromatic rings. The third-order valence-electron chi connectivity index (χ3n) is 4.85. The topological polar surface area (TPSA) is 82.1 Å². The van der Waals surface area contributed by atoms with Gasteiger partial charge in [-0.3, -0.25) is 0 Å². The Labute approximate surface area is 148 Å². The first-order valence-corrected chi connectivity index (χ1v) is 8.50. The van der Waals surface area contributed by atoms with Crippen molar-refractivity contribution in [3.63, 3.8) is 0 Å². The summed E-state index contributed by atoms with van der Waals surface area (Å²) in [6, 6.07) is 7.29. The lowest BCUT2D eigenvalue weighted by Gasteiger charge is -2.48. The van der Waals surface area contributed by atoms with E-state index in [2.05, 4.69) is 31.4 Å². The predicted octanol–water partition coefficient (Wildman–Crippen LogP) is 1.87. The Balaban J connectivity index is 1.54. The van der Waals surface area contributed by atoms with Crippen molar-refractivity contribution in [2.24, 2.45) is 0 Å². The second-order valence-electron chi connectivity index (χ2n) is 6.48. The van der Waals surface area contributed by atoms with Crippen LogP contribution in [0, 0.1) is 11.3 Å². The number of piperidine rings is 1. The van der Waals surface area contributed by atoms with Crippen LogP contribution in [0.5, 0.6) is 0 Å². The van der Waals surface area contributed by atoms with Crippen molar-refractivity contribution in [1.29, 1.82) is 5.26 Å². The van der Waals surface area contributed by atoms with Gasteiger partial charge in [0.15, 0.2) is 0 Å². The summed E-state index contributed by atoms with van der Waals surface area (Å²) in [6.07, 6.45) is 6.16. The van der Waals surface area contributed by atoms with Gasteiger partial charge in [-0.2, -0.15) is 10.4 Å². The number of piperazine rings is 1. The van der Waals surface area contributed by atoms with E-state index in [1.807, 2.05) is 12.1 Å². The molecule has 6 rings (SSSR count). The van der Waals surface area contributed by atoms with Gasteiger partial charge in [0.2, 0.25) is 0 Å². The van der Waals surface area contributed by atoms with Crippen molar-refractivity contribution in [3.8, 4) is 17.3 Å². The molecule has 0 radical (unpaired) electrons. The predicted molar refractivity (Wildman–Crippen MR) is 93.5 cm³/mol. The van der Waals surface area contributed by atoms with Crippen molar-refractivity contribution >= 4 is 22.9 Å². The lowest BCUT2D eigenvalue weighted by molar-refractivity contribution is 0.225. The van der Waals surface area contributed by atoms with E-state index >= 15 is 0 Å². The van der Waals surface area contributed by atoms with Gasteiger partial charge in [-0.25, -0.2) is 14.5 Å². The van der Waals surface area contributed by atoms with E-state index in [1.54, 1.807) is 16.9 Å². The first-order valence-electron chi connectivity index (χ1n) is 8.12. The Morgan fingerprint density at radius 3 is 2.72 bits per heavy atom. The molecule has 124 valence electrons. The van der Waals surface area contributed by atoms with Gasteiger partial charge in [0.1, 0.15) is 33.8 Å². The molecule has 2 atom stereocenters. The highest BCUT2D eigenvalue weighted by atomic mass is 35.5. The average molecular weight is 352 g/mol. The number of hydrogen-bond acceptors (Lipinski definition) is 6. The summed E-state index contributed by atoms with van der Waals surface area (Å²) in [5.74, 6) is 0.965. The Hall–Kier alpha value is -2.69. The minimum atomic E-state index is 0.321. The minimum Gasteiger partial charge on any atom is -0.353 e. The summed E-state index contributed by atoms with van der Waals surface area (Å²) >= 11 is 6.11. The van der Waals surface area contributed by atoms with Crippen LogP contribution in [0.2, 0.25) is 5.15 Å². The molecule has 7 nitrogen and oxygen atoms in total. The normalized spacial score (nSPS) is 21.8. The van der Waals surface area contributed by atoms with E-state index in [1.165, 1.54) is 12.6 Å². The van der Waals surface area contributed by atoms with Crippen molar-refractivity contribution in [1.82, 2.24) is 24.9 Å². The maximum absolute atomic E-state index is 9.32. The quantitative estimate of drug-likeness (QED) is 0.759. The summed E-state index contributed by atoms with van der Waals surface area (Å²) < 4.78 is 1.58. The Bertz CT molecular complexity index is 988. The maximum Gasteiger partial charge on any atom is 0.148 e. The van der Waals surface area contributed by atoms with Crippen molar-refractivity contribution in [2.45, 2.75) is 18.5 Å². The van der Waals surface area contributed by atoms with E-state index in [-0.39, 0.29) is 0 Å². The Kier molecular flexibility index (Phi) is 3.17. The molecule has 6 heterocycles. The van der Waals surface area contributed by atoms with E-state index in [4.69, 9.17) is 11.6 Å². The number of halogens is 1. The summed E-state index contributed by atoms with van der Waals surface area (Å²) in [5, 5.41) is 17.3. The highest BCUT2D eigenvalue weighted by Gasteiger charge is 2.36. The molecule has 1 N–H and O–H groups in total. The fourth-order valence-corrected chi connectivity index (χ4v) is 3.86. The number of fused-ring (bicyclic) bond motifs is 3. The van der Waals surface area contributed by atoms with Gasteiger partial charge in [-0.15, -0.1) is 0 Å². The fraction of sp³-hybridized carbons (Fsp3) is 0.294. The van der Waals surface area contributed by atoms with Gasteiger partial charge in [0.25, 0.3) is 0 Å². The van der Waals surface area contributed by atoms with Crippen LogP contribution in [-0.2, 0) is 0 Å². The molecular formula is C17H14ClN7. The largest absolute Gasteiger partial charge is 0.353 e. The van der Waals surface area contributed by atoms with Crippen LogP contribution in [0.15, 0.2) is 30.7 Å². The highest BCUT2D eigenvalue weighted by molar-refractivity contribution is 6.29. The molecule has 2 bridgehead atoms. The summed E-state index contributed by atoms with van der Waals surface area (Å²) in [6.45, 7) is 1.98. The van der Waals surface area contributed by atoms with Crippen LogP contribution in [0.3, 0.4) is 0 Å². The molecule has 0 aromatic carbocycles. The van der Waals surface area contributed by atoms with Gasteiger partial charge < -0.3 is 10.2 Å². The monoisotopic (exact) mass is 351 g/mol. The van der Waals surface area contributed by atoms with E-state index in [0.717, 1.165) is 24.5 Å². The van der Waals surface area contributed by atoms with Crippen LogP contribution in [-0.4, -0.2) is 44.8 Å². The van der Waals surface area contributed by atoms with E-state index in [0.29, 0.717) is 34.0 Å². The first-order chi connectivity index (χ1) is 12.2. The van der Waals surface area contributed by atoms with Crippen molar-refractivity contribution in [3.05, 3.63) is 41.4 Å². The second kappa shape index (κ2) is 5.41. The highest BCUT2D eigenvalue weighted by Crippen LogP contribution is 2.29. The summed E-state index contributed by atoms with van der Waals surface area (Å²) in [4.78, 5) is 11.3. The van der Waals surface area contributed by atoms with E-state index < -0.39 is 0 Å². The molecule has 0 saturated carbocycles. The van der Waals surface area contributed by atoms with Gasteiger partial charge in [0, 0.05) is 36.9 Å². The average Bonchev–Trinajstić information content (AvgIpc) is 3.03. The van der Waals surface area contributed by atoms with Gasteiger partial charge >= 0.3 is 0 Å². The second-order valence-corrected chi connectivity index (χ2v) is 6.87. The molecule has 8 heteroatoms. The number of aromatic nitrogens is 4. The molecule has 3 aliphatic rings. The Morgan fingerprint density at radius 1 is 1.24 bits per heavy atom. The molecule has 25 heavy (non-hydrogen) atoms. The Morgan fingerprint density at radius 2 is 2.04 bits per heavy atom. The molecule has 0 spiro atoms.